The highest BCUT2D eigenvalue weighted by Crippen LogP contribution is 2.18. The molecule has 0 aliphatic rings. The third kappa shape index (κ3) is 51.3. The smallest absolute Gasteiger partial charge is 0.306 e. The summed E-state index contributed by atoms with van der Waals surface area (Å²) in [4.78, 5) is 38.1. The molecule has 0 aliphatic carbocycles. The summed E-state index contributed by atoms with van der Waals surface area (Å²) in [6.45, 7) is 13.7. The highest BCUT2D eigenvalue weighted by atomic mass is 16.6. The molecule has 6 heteroatoms. The number of carbonyl (C=O) groups is 3. The van der Waals surface area contributed by atoms with E-state index in [1.807, 2.05) is 0 Å². The van der Waals surface area contributed by atoms with E-state index >= 15 is 0 Å². The van der Waals surface area contributed by atoms with Gasteiger partial charge in [-0.2, -0.15) is 0 Å². The second-order valence-electron chi connectivity index (χ2n) is 21.0. The maximum atomic E-state index is 12.8. The Morgan fingerprint density at radius 3 is 0.683 bits per heavy atom. The van der Waals surface area contributed by atoms with Crippen molar-refractivity contribution < 1.29 is 28.6 Å². The predicted octanol–water partition coefficient (Wildman–Crippen LogP) is 18.3. The first-order valence-corrected chi connectivity index (χ1v) is 28.1. The summed E-state index contributed by atoms with van der Waals surface area (Å²) in [6, 6.07) is 0. The van der Waals surface area contributed by atoms with Gasteiger partial charge >= 0.3 is 17.9 Å². The zero-order valence-corrected chi connectivity index (χ0v) is 43.4. The van der Waals surface area contributed by atoms with Crippen molar-refractivity contribution in [2.45, 2.75) is 317 Å². The Kier molecular flexibility index (Phi) is 47.1. The van der Waals surface area contributed by atoms with Crippen molar-refractivity contribution >= 4 is 17.9 Å². The number of rotatable bonds is 50. The van der Waals surface area contributed by atoms with Crippen LogP contribution in [0.3, 0.4) is 0 Å². The van der Waals surface area contributed by atoms with Crippen LogP contribution in [0.15, 0.2) is 0 Å². The highest BCUT2D eigenvalue weighted by molar-refractivity contribution is 5.71. The third-order valence-corrected chi connectivity index (χ3v) is 12.9. The van der Waals surface area contributed by atoms with Gasteiger partial charge in [-0.05, 0) is 37.0 Å². The molecule has 0 heterocycles. The van der Waals surface area contributed by atoms with Crippen LogP contribution >= 0.6 is 0 Å². The Hall–Kier alpha value is -1.59. The molecule has 0 aromatic rings. The Labute approximate surface area is 393 Å². The fraction of sp³-hybridized carbons (Fsp3) is 0.947. The summed E-state index contributed by atoms with van der Waals surface area (Å²) in [6.07, 6.45) is 49.5. The first-order valence-electron chi connectivity index (χ1n) is 28.1. The second kappa shape index (κ2) is 48.3. The molecule has 0 aromatic heterocycles. The van der Waals surface area contributed by atoms with E-state index in [0.717, 1.165) is 75.5 Å². The predicted molar refractivity (Wildman–Crippen MR) is 270 cm³/mol. The minimum atomic E-state index is -0.763. The van der Waals surface area contributed by atoms with Crippen LogP contribution in [0, 0.1) is 17.8 Å². The Morgan fingerprint density at radius 2 is 0.460 bits per heavy atom. The van der Waals surface area contributed by atoms with Crippen molar-refractivity contribution in [3.05, 3.63) is 0 Å². The van der Waals surface area contributed by atoms with E-state index in [1.165, 1.54) is 193 Å². The van der Waals surface area contributed by atoms with Gasteiger partial charge in [-0.1, -0.05) is 273 Å². The zero-order chi connectivity index (χ0) is 46.3. The lowest BCUT2D eigenvalue weighted by Gasteiger charge is -2.18. The third-order valence-electron chi connectivity index (χ3n) is 12.9. The molecule has 1 atom stereocenters. The molecule has 63 heavy (non-hydrogen) atoms. The lowest BCUT2D eigenvalue weighted by atomic mass is 10.0. The van der Waals surface area contributed by atoms with Gasteiger partial charge in [0.25, 0.3) is 0 Å². The van der Waals surface area contributed by atoms with E-state index in [-0.39, 0.29) is 31.1 Å². The van der Waals surface area contributed by atoms with Crippen molar-refractivity contribution in [2.75, 3.05) is 13.2 Å². The second-order valence-corrected chi connectivity index (χ2v) is 21.0. The van der Waals surface area contributed by atoms with Crippen molar-refractivity contribution in [2.24, 2.45) is 17.8 Å². The molecular weight excluding hydrogens is 781 g/mol. The van der Waals surface area contributed by atoms with Crippen LogP contribution in [0.2, 0.25) is 0 Å². The topological polar surface area (TPSA) is 78.9 Å². The summed E-state index contributed by atoms with van der Waals surface area (Å²) in [7, 11) is 0. The monoisotopic (exact) mass is 891 g/mol. The summed E-state index contributed by atoms with van der Waals surface area (Å²) in [5.41, 5.74) is 0. The van der Waals surface area contributed by atoms with Crippen LogP contribution in [0.1, 0.15) is 311 Å². The molecule has 0 bridgehead atoms. The molecule has 0 amide bonds. The number of esters is 3. The van der Waals surface area contributed by atoms with Gasteiger partial charge in [0.1, 0.15) is 13.2 Å². The molecule has 374 valence electrons. The van der Waals surface area contributed by atoms with Gasteiger partial charge in [-0.25, -0.2) is 0 Å². The van der Waals surface area contributed by atoms with Crippen molar-refractivity contribution in [3.63, 3.8) is 0 Å². The number of hydrogen-bond acceptors (Lipinski definition) is 6. The molecule has 0 fully saturated rings. The van der Waals surface area contributed by atoms with E-state index in [9.17, 15) is 14.4 Å². The largest absolute Gasteiger partial charge is 0.462 e. The van der Waals surface area contributed by atoms with Crippen molar-refractivity contribution in [1.82, 2.24) is 0 Å². The van der Waals surface area contributed by atoms with E-state index in [0.29, 0.717) is 19.3 Å². The maximum Gasteiger partial charge on any atom is 0.306 e. The Morgan fingerprint density at radius 1 is 0.270 bits per heavy atom. The van der Waals surface area contributed by atoms with Gasteiger partial charge in [0.15, 0.2) is 6.10 Å². The molecule has 0 radical (unpaired) electrons. The summed E-state index contributed by atoms with van der Waals surface area (Å²) in [5, 5.41) is 0. The van der Waals surface area contributed by atoms with Crippen LogP contribution in [-0.2, 0) is 28.6 Å². The number of carbonyl (C=O) groups excluding carboxylic acids is 3. The van der Waals surface area contributed by atoms with Gasteiger partial charge < -0.3 is 14.2 Å². The Balaban J connectivity index is 4.29. The van der Waals surface area contributed by atoms with Gasteiger partial charge in [-0.3, -0.25) is 14.4 Å². The number of unbranched alkanes of at least 4 members (excludes halogenated alkanes) is 33. The van der Waals surface area contributed by atoms with E-state index in [4.69, 9.17) is 14.2 Å². The quantitative estimate of drug-likeness (QED) is 0.0344. The fourth-order valence-corrected chi connectivity index (χ4v) is 8.65. The van der Waals surface area contributed by atoms with Crippen molar-refractivity contribution in [1.29, 1.82) is 0 Å². The molecular formula is C57H110O6. The van der Waals surface area contributed by atoms with Crippen LogP contribution < -0.4 is 0 Å². The first kappa shape index (κ1) is 61.4. The standard InChI is InChI=1S/C57H110O6/c1-51(2)43-37-31-25-19-14-10-8-7-9-11-17-23-30-36-42-48-57(60)63-54(50-62-56(59)47-41-35-29-24-18-21-27-33-39-45-53(5)6)49-61-55(58)46-40-34-28-22-16-13-12-15-20-26-32-38-44-52(3)4/h51-54H,7-50H2,1-6H3/t54-/m0/s1. The van der Waals surface area contributed by atoms with Crippen LogP contribution in [0.5, 0.6) is 0 Å². The minimum Gasteiger partial charge on any atom is -0.462 e. The number of ether oxygens (including phenoxy) is 3. The van der Waals surface area contributed by atoms with Gasteiger partial charge in [0.05, 0.1) is 0 Å². The zero-order valence-electron chi connectivity index (χ0n) is 43.4. The molecule has 6 nitrogen and oxygen atoms in total. The van der Waals surface area contributed by atoms with Gasteiger partial charge in [0, 0.05) is 19.3 Å². The number of hydrogen-bond donors (Lipinski definition) is 0. The molecule has 0 unspecified atom stereocenters. The molecule has 0 saturated carbocycles. The van der Waals surface area contributed by atoms with Crippen LogP contribution in [0.4, 0.5) is 0 Å². The Bertz CT molecular complexity index is 976. The molecule has 0 saturated heterocycles. The maximum absolute atomic E-state index is 12.8. The van der Waals surface area contributed by atoms with E-state index in [2.05, 4.69) is 41.5 Å². The average Bonchev–Trinajstić information content (AvgIpc) is 3.24. The fourth-order valence-electron chi connectivity index (χ4n) is 8.65. The summed E-state index contributed by atoms with van der Waals surface area (Å²) < 4.78 is 16.9. The van der Waals surface area contributed by atoms with E-state index < -0.39 is 6.10 Å². The molecule has 0 rings (SSSR count). The van der Waals surface area contributed by atoms with Gasteiger partial charge in [-0.15, -0.1) is 0 Å². The molecule has 0 aliphatic heterocycles. The lowest BCUT2D eigenvalue weighted by Crippen LogP contribution is -2.30. The van der Waals surface area contributed by atoms with Crippen molar-refractivity contribution in [3.8, 4) is 0 Å². The summed E-state index contributed by atoms with van der Waals surface area (Å²) in [5.74, 6) is 1.64. The first-order chi connectivity index (χ1) is 30.6. The van der Waals surface area contributed by atoms with Crippen LogP contribution in [-0.4, -0.2) is 37.2 Å². The lowest BCUT2D eigenvalue weighted by molar-refractivity contribution is -0.167. The summed E-state index contributed by atoms with van der Waals surface area (Å²) >= 11 is 0. The van der Waals surface area contributed by atoms with E-state index in [1.54, 1.807) is 0 Å². The molecule has 0 spiro atoms. The van der Waals surface area contributed by atoms with Crippen LogP contribution in [0.25, 0.3) is 0 Å². The van der Waals surface area contributed by atoms with Gasteiger partial charge in [0.2, 0.25) is 0 Å². The minimum absolute atomic E-state index is 0.0640. The highest BCUT2D eigenvalue weighted by Gasteiger charge is 2.19. The SMILES string of the molecule is CC(C)CCCCCCCCCCCCCCCCCC(=O)O[C@@H](COC(=O)CCCCCCCCCCCCCCC(C)C)COC(=O)CCCCCCCCCCCC(C)C. The normalized spacial score (nSPS) is 12.1. The molecule has 0 aromatic carbocycles. The average molecular weight is 892 g/mol. The molecule has 0 N–H and O–H groups in total.